The first kappa shape index (κ1) is 12.8. The second kappa shape index (κ2) is 4.19. The minimum atomic E-state index is -0.0771. The molecule has 1 aromatic rings. The largest absolute Gasteiger partial charge is 0.392 e. The maximum atomic E-state index is 12.9. The highest BCUT2D eigenvalue weighted by molar-refractivity contribution is 6.22. The molecule has 0 spiro atoms. The van der Waals surface area contributed by atoms with E-state index in [0.29, 0.717) is 29.4 Å². The van der Waals surface area contributed by atoms with Crippen LogP contribution in [0.25, 0.3) is 0 Å². The number of aliphatic hydroxyl groups is 1. The molecule has 0 unspecified atom stereocenters. The number of hydrogen-bond donors (Lipinski definition) is 1. The highest BCUT2D eigenvalue weighted by Crippen LogP contribution is 2.68. The molecule has 4 nitrogen and oxygen atoms in total. The minimum Gasteiger partial charge on any atom is -0.392 e. The normalized spacial score (nSPS) is 41.6. The molecule has 1 aromatic carbocycles. The van der Waals surface area contributed by atoms with Crippen molar-refractivity contribution >= 4 is 17.5 Å². The number of imide groups is 1. The van der Waals surface area contributed by atoms with Gasteiger partial charge in [-0.05, 0) is 60.6 Å². The van der Waals surface area contributed by atoms with E-state index >= 15 is 0 Å². The third-order valence-electron chi connectivity index (χ3n) is 6.50. The van der Waals surface area contributed by atoms with Gasteiger partial charge in [0.1, 0.15) is 0 Å². The molecular formula is C18H19NO3. The van der Waals surface area contributed by atoms with Gasteiger partial charge in [0.15, 0.2) is 0 Å². The molecule has 4 saturated carbocycles. The molecule has 1 N–H and O–H groups in total. The van der Waals surface area contributed by atoms with Crippen LogP contribution < -0.4 is 4.90 Å². The van der Waals surface area contributed by atoms with Crippen LogP contribution in [0.4, 0.5) is 5.69 Å². The summed E-state index contributed by atoms with van der Waals surface area (Å²) >= 11 is 0. The predicted octanol–water partition coefficient (Wildman–Crippen LogP) is 1.96. The lowest BCUT2D eigenvalue weighted by molar-refractivity contribution is -0.129. The van der Waals surface area contributed by atoms with E-state index in [2.05, 4.69) is 0 Å². The van der Waals surface area contributed by atoms with Crippen molar-refractivity contribution in [3.8, 4) is 0 Å². The third-order valence-corrected chi connectivity index (χ3v) is 6.50. The van der Waals surface area contributed by atoms with E-state index in [9.17, 15) is 14.7 Å². The average Bonchev–Trinajstić information content (AvgIpc) is 3.32. The van der Waals surface area contributed by atoms with Crippen LogP contribution in [0.2, 0.25) is 0 Å². The third kappa shape index (κ3) is 1.46. The van der Waals surface area contributed by atoms with Gasteiger partial charge in [-0.25, -0.2) is 0 Å². The standard InChI is InChI=1S/C18H19NO3/c20-8-9-2-1-3-10(6-9)19-17(21)15-11-4-5-12(14-7-13(11)14)16(15)18(19)22/h1-3,6,11-16,20H,4-5,7-8H2/t11-,12+,13-,14+,15-,16+. The Morgan fingerprint density at radius 2 is 1.64 bits per heavy atom. The first-order valence-corrected chi connectivity index (χ1v) is 8.28. The van der Waals surface area contributed by atoms with E-state index in [1.54, 1.807) is 24.3 Å². The van der Waals surface area contributed by atoms with Crippen molar-refractivity contribution in [2.75, 3.05) is 4.90 Å². The monoisotopic (exact) mass is 297 g/mol. The molecule has 6 rings (SSSR count). The van der Waals surface area contributed by atoms with Crippen molar-refractivity contribution in [3.63, 3.8) is 0 Å². The molecule has 0 radical (unpaired) electrons. The summed E-state index contributed by atoms with van der Waals surface area (Å²) in [6.45, 7) is -0.0771. The van der Waals surface area contributed by atoms with E-state index in [1.807, 2.05) is 0 Å². The summed E-state index contributed by atoms with van der Waals surface area (Å²) in [6, 6.07) is 7.17. The first-order valence-electron chi connectivity index (χ1n) is 8.28. The second-order valence-electron chi connectivity index (χ2n) is 7.36. The number of carbonyl (C=O) groups excluding carboxylic acids is 2. The zero-order valence-electron chi connectivity index (χ0n) is 12.3. The van der Waals surface area contributed by atoms with E-state index < -0.39 is 0 Å². The Morgan fingerprint density at radius 1 is 1.00 bits per heavy atom. The van der Waals surface area contributed by atoms with Crippen molar-refractivity contribution in [1.82, 2.24) is 0 Å². The fourth-order valence-electron chi connectivity index (χ4n) is 5.59. The van der Waals surface area contributed by atoms with Gasteiger partial charge < -0.3 is 5.11 Å². The predicted molar refractivity (Wildman–Crippen MR) is 79.6 cm³/mol. The lowest BCUT2D eigenvalue weighted by Crippen LogP contribution is -2.43. The molecule has 1 saturated heterocycles. The van der Waals surface area contributed by atoms with Gasteiger partial charge in [-0.2, -0.15) is 0 Å². The molecule has 4 heteroatoms. The van der Waals surface area contributed by atoms with Crippen molar-refractivity contribution in [2.45, 2.75) is 25.9 Å². The van der Waals surface area contributed by atoms with E-state index in [-0.39, 0.29) is 30.3 Å². The van der Waals surface area contributed by atoms with E-state index in [0.717, 1.165) is 18.4 Å². The Bertz CT molecular complexity index is 651. The first-order chi connectivity index (χ1) is 10.7. The van der Waals surface area contributed by atoms with Crippen LogP contribution in [0, 0.1) is 35.5 Å². The Kier molecular flexibility index (Phi) is 2.44. The number of anilines is 1. The SMILES string of the molecule is O=C1[C@@H]2[C@@H]3CC[C@@H]([C@@H]4C[C@@H]43)[C@@H]2C(=O)N1c1cccc(CO)c1. The fraction of sp³-hybridized carbons (Fsp3) is 0.556. The van der Waals surface area contributed by atoms with Crippen LogP contribution in [-0.4, -0.2) is 16.9 Å². The zero-order chi connectivity index (χ0) is 15.0. The molecular weight excluding hydrogens is 278 g/mol. The van der Waals surface area contributed by atoms with Gasteiger partial charge in [0.05, 0.1) is 24.1 Å². The summed E-state index contributed by atoms with van der Waals surface area (Å²) in [7, 11) is 0. The van der Waals surface area contributed by atoms with Crippen LogP contribution in [0.5, 0.6) is 0 Å². The topological polar surface area (TPSA) is 57.6 Å². The summed E-state index contributed by atoms with van der Waals surface area (Å²) in [5, 5.41) is 9.29. The van der Waals surface area contributed by atoms with Crippen molar-refractivity contribution in [1.29, 1.82) is 0 Å². The number of nitrogens with zero attached hydrogens (tertiary/aromatic N) is 1. The molecule has 1 heterocycles. The number of rotatable bonds is 2. The quantitative estimate of drug-likeness (QED) is 0.849. The lowest BCUT2D eigenvalue weighted by Gasteiger charge is -2.42. The minimum absolute atomic E-state index is 0.00476. The Labute approximate surface area is 129 Å². The summed E-state index contributed by atoms with van der Waals surface area (Å²) in [4.78, 5) is 27.3. The maximum absolute atomic E-state index is 12.9. The Balaban J connectivity index is 1.56. The van der Waals surface area contributed by atoms with Crippen LogP contribution in [0.3, 0.4) is 0 Å². The highest BCUT2D eigenvalue weighted by atomic mass is 16.3. The van der Waals surface area contributed by atoms with E-state index in [4.69, 9.17) is 0 Å². The number of aliphatic hydroxyl groups excluding tert-OH is 1. The van der Waals surface area contributed by atoms with Gasteiger partial charge in [0, 0.05) is 0 Å². The Hall–Kier alpha value is -1.68. The molecule has 1 aliphatic heterocycles. The van der Waals surface area contributed by atoms with Crippen molar-refractivity contribution in [2.24, 2.45) is 35.5 Å². The number of hydrogen-bond acceptors (Lipinski definition) is 3. The summed E-state index contributed by atoms with van der Waals surface area (Å²) < 4.78 is 0. The van der Waals surface area contributed by atoms with Crippen molar-refractivity contribution < 1.29 is 14.7 Å². The van der Waals surface area contributed by atoms with Gasteiger partial charge in [0.2, 0.25) is 11.8 Å². The molecule has 5 fully saturated rings. The number of fused-ring (bicyclic) bond motifs is 1. The molecule has 6 atom stereocenters. The van der Waals surface area contributed by atoms with Gasteiger partial charge in [-0.3, -0.25) is 14.5 Å². The molecule has 0 aromatic heterocycles. The summed E-state index contributed by atoms with van der Waals surface area (Å²) in [5.74, 6) is 2.14. The number of benzene rings is 1. The maximum Gasteiger partial charge on any atom is 0.237 e. The molecule has 22 heavy (non-hydrogen) atoms. The van der Waals surface area contributed by atoms with Crippen LogP contribution >= 0.6 is 0 Å². The smallest absolute Gasteiger partial charge is 0.237 e. The molecule has 4 aliphatic carbocycles. The van der Waals surface area contributed by atoms with Crippen LogP contribution in [0.15, 0.2) is 24.3 Å². The summed E-state index contributed by atoms with van der Waals surface area (Å²) in [6.07, 6.45) is 3.48. The van der Waals surface area contributed by atoms with Gasteiger partial charge in [-0.1, -0.05) is 12.1 Å². The fourth-order valence-corrected chi connectivity index (χ4v) is 5.59. The highest BCUT2D eigenvalue weighted by Gasteiger charge is 2.68. The van der Waals surface area contributed by atoms with Gasteiger partial charge in [-0.15, -0.1) is 0 Å². The number of amides is 2. The van der Waals surface area contributed by atoms with Crippen LogP contribution in [0.1, 0.15) is 24.8 Å². The molecule has 114 valence electrons. The lowest BCUT2D eigenvalue weighted by atomic mass is 9.59. The Morgan fingerprint density at radius 3 is 2.23 bits per heavy atom. The molecule has 2 amide bonds. The summed E-state index contributed by atoms with van der Waals surface area (Å²) in [5.41, 5.74) is 1.36. The molecule has 2 bridgehead atoms. The van der Waals surface area contributed by atoms with Crippen molar-refractivity contribution in [3.05, 3.63) is 29.8 Å². The zero-order valence-corrected chi connectivity index (χ0v) is 12.3. The van der Waals surface area contributed by atoms with Gasteiger partial charge >= 0.3 is 0 Å². The second-order valence-corrected chi connectivity index (χ2v) is 7.36. The molecule has 5 aliphatic rings. The van der Waals surface area contributed by atoms with Crippen LogP contribution in [-0.2, 0) is 16.2 Å². The van der Waals surface area contributed by atoms with Gasteiger partial charge in [0.25, 0.3) is 0 Å². The number of carbonyl (C=O) groups is 2. The van der Waals surface area contributed by atoms with E-state index in [1.165, 1.54) is 11.3 Å². The average molecular weight is 297 g/mol.